The number of hydrogen-bond acceptors (Lipinski definition) is 2. The van der Waals surface area contributed by atoms with Gasteiger partial charge in [0.25, 0.3) is 0 Å². The topological polar surface area (TPSA) is 41.1 Å². The van der Waals surface area contributed by atoms with Gasteiger partial charge in [-0.25, -0.2) is 0 Å². The van der Waals surface area contributed by atoms with Crippen molar-refractivity contribution in [3.63, 3.8) is 0 Å². The maximum absolute atomic E-state index is 12.7. The second kappa shape index (κ2) is 4.21. The van der Waals surface area contributed by atoms with E-state index in [0.717, 1.165) is 56.0 Å². The summed E-state index contributed by atoms with van der Waals surface area (Å²) in [6.07, 6.45) is 7.50. The normalized spacial score (nSPS) is 50.3. The van der Waals surface area contributed by atoms with E-state index in [0.29, 0.717) is 11.9 Å². The van der Waals surface area contributed by atoms with Gasteiger partial charge in [-0.2, -0.15) is 0 Å². The zero-order chi connectivity index (χ0) is 13.0. The van der Waals surface area contributed by atoms with E-state index >= 15 is 0 Å². The van der Waals surface area contributed by atoms with Crippen molar-refractivity contribution >= 4 is 5.91 Å². The minimum atomic E-state index is -0.0926. The minimum Gasteiger partial charge on any atom is -0.352 e. The maximum Gasteiger partial charge on any atom is 0.227 e. The smallest absolute Gasteiger partial charge is 0.227 e. The summed E-state index contributed by atoms with van der Waals surface area (Å²) in [5.41, 5.74) is -0.0926. The zero-order valence-electron chi connectivity index (χ0n) is 12.0. The van der Waals surface area contributed by atoms with Gasteiger partial charge in [0.1, 0.15) is 0 Å². The average molecular weight is 262 g/mol. The van der Waals surface area contributed by atoms with Gasteiger partial charge in [0.2, 0.25) is 5.91 Å². The first kappa shape index (κ1) is 12.2. The van der Waals surface area contributed by atoms with Gasteiger partial charge >= 0.3 is 0 Å². The number of amides is 1. The van der Waals surface area contributed by atoms with Crippen molar-refractivity contribution in [2.45, 2.75) is 51.5 Å². The SMILES string of the molecule is CCCC1(C(=O)NC2C3C4CCC(C4)C23)CCNC1. The Hall–Kier alpha value is -0.570. The lowest BCUT2D eigenvalue weighted by Crippen LogP contribution is -2.44. The first-order chi connectivity index (χ1) is 9.25. The Morgan fingerprint density at radius 2 is 2.05 bits per heavy atom. The summed E-state index contributed by atoms with van der Waals surface area (Å²) in [5.74, 6) is 3.97. The summed E-state index contributed by atoms with van der Waals surface area (Å²) in [7, 11) is 0. The molecule has 4 rings (SSSR count). The van der Waals surface area contributed by atoms with Gasteiger partial charge in [-0.1, -0.05) is 13.3 Å². The van der Waals surface area contributed by atoms with Gasteiger partial charge in [-0.15, -0.1) is 0 Å². The minimum absolute atomic E-state index is 0.0926. The molecule has 2 N–H and O–H groups in total. The molecule has 3 saturated carbocycles. The van der Waals surface area contributed by atoms with Gasteiger partial charge in [0.05, 0.1) is 5.41 Å². The Kier molecular flexibility index (Phi) is 2.70. The van der Waals surface area contributed by atoms with E-state index < -0.39 is 0 Å². The molecule has 0 radical (unpaired) electrons. The van der Waals surface area contributed by atoms with Crippen LogP contribution in [0.5, 0.6) is 0 Å². The van der Waals surface area contributed by atoms with Gasteiger partial charge in [-0.05, 0) is 62.3 Å². The van der Waals surface area contributed by atoms with Crippen molar-refractivity contribution in [3.8, 4) is 0 Å². The van der Waals surface area contributed by atoms with Gasteiger partial charge in [-0.3, -0.25) is 4.79 Å². The molecule has 1 heterocycles. The molecule has 0 spiro atoms. The second-order valence-corrected chi connectivity index (χ2v) is 7.44. The molecule has 1 aliphatic heterocycles. The number of carbonyl (C=O) groups is 1. The van der Waals surface area contributed by atoms with Crippen molar-refractivity contribution in [1.82, 2.24) is 10.6 Å². The zero-order valence-corrected chi connectivity index (χ0v) is 12.0. The number of fused-ring (bicyclic) bond motifs is 5. The van der Waals surface area contributed by atoms with Crippen LogP contribution in [-0.2, 0) is 4.79 Å². The largest absolute Gasteiger partial charge is 0.352 e. The van der Waals surface area contributed by atoms with E-state index in [1.54, 1.807) is 0 Å². The quantitative estimate of drug-likeness (QED) is 0.813. The van der Waals surface area contributed by atoms with Crippen LogP contribution in [0.2, 0.25) is 0 Å². The molecule has 1 saturated heterocycles. The number of rotatable bonds is 4. The molecule has 0 aromatic heterocycles. The van der Waals surface area contributed by atoms with E-state index in [2.05, 4.69) is 17.6 Å². The lowest BCUT2D eigenvalue weighted by molar-refractivity contribution is -0.130. The predicted octanol–water partition coefficient (Wildman–Crippen LogP) is 1.93. The van der Waals surface area contributed by atoms with Gasteiger partial charge in [0.15, 0.2) is 0 Å². The van der Waals surface area contributed by atoms with Crippen molar-refractivity contribution in [3.05, 3.63) is 0 Å². The van der Waals surface area contributed by atoms with E-state index in [-0.39, 0.29) is 5.41 Å². The highest BCUT2D eigenvalue weighted by molar-refractivity contribution is 5.84. The maximum atomic E-state index is 12.7. The summed E-state index contributed by atoms with van der Waals surface area (Å²) < 4.78 is 0. The molecular weight excluding hydrogens is 236 g/mol. The van der Waals surface area contributed by atoms with Crippen molar-refractivity contribution in [2.75, 3.05) is 13.1 Å². The first-order valence-corrected chi connectivity index (χ1v) is 8.27. The summed E-state index contributed by atoms with van der Waals surface area (Å²) in [6, 6.07) is 0.549. The molecule has 5 atom stereocenters. The van der Waals surface area contributed by atoms with Crippen LogP contribution in [-0.4, -0.2) is 25.0 Å². The fourth-order valence-electron chi connectivity index (χ4n) is 5.57. The standard InChI is InChI=1S/C16H26N2O/c1-2-5-16(6-7-17-9-16)15(19)18-14-12-10-3-4-11(8-10)13(12)14/h10-14,17H,2-9H2,1H3,(H,18,19). The molecule has 3 nitrogen and oxygen atoms in total. The fourth-order valence-corrected chi connectivity index (χ4v) is 5.57. The van der Waals surface area contributed by atoms with Crippen molar-refractivity contribution < 1.29 is 4.79 Å². The van der Waals surface area contributed by atoms with Gasteiger partial charge < -0.3 is 10.6 Å². The number of nitrogens with one attached hydrogen (secondary N) is 2. The van der Waals surface area contributed by atoms with Crippen LogP contribution in [0, 0.1) is 29.1 Å². The highest BCUT2D eigenvalue weighted by Gasteiger charge is 2.65. The predicted molar refractivity (Wildman–Crippen MR) is 74.6 cm³/mol. The van der Waals surface area contributed by atoms with Gasteiger partial charge in [0, 0.05) is 12.6 Å². The van der Waals surface area contributed by atoms with Crippen LogP contribution >= 0.6 is 0 Å². The molecule has 4 fully saturated rings. The summed E-state index contributed by atoms with van der Waals surface area (Å²) >= 11 is 0. The van der Waals surface area contributed by atoms with E-state index in [9.17, 15) is 4.79 Å². The lowest BCUT2D eigenvalue weighted by atomic mass is 9.81. The molecular formula is C16H26N2O. The highest BCUT2D eigenvalue weighted by Crippen LogP contribution is 2.65. The lowest BCUT2D eigenvalue weighted by Gasteiger charge is -2.27. The molecule has 2 bridgehead atoms. The summed E-state index contributed by atoms with van der Waals surface area (Å²) in [5, 5.41) is 6.84. The molecule has 3 heteroatoms. The van der Waals surface area contributed by atoms with Crippen LogP contribution in [0.3, 0.4) is 0 Å². The average Bonchev–Trinajstić information content (AvgIpc) is 2.84. The van der Waals surface area contributed by atoms with Crippen molar-refractivity contribution in [2.24, 2.45) is 29.1 Å². The van der Waals surface area contributed by atoms with Crippen LogP contribution in [0.25, 0.3) is 0 Å². The molecule has 4 aliphatic rings. The summed E-state index contributed by atoms with van der Waals surface area (Å²) in [4.78, 5) is 12.7. The second-order valence-electron chi connectivity index (χ2n) is 7.44. The molecule has 19 heavy (non-hydrogen) atoms. The molecule has 106 valence electrons. The first-order valence-electron chi connectivity index (χ1n) is 8.27. The number of hydrogen-bond donors (Lipinski definition) is 2. The Labute approximate surface area is 115 Å². The number of carbonyl (C=O) groups excluding carboxylic acids is 1. The Bertz CT molecular complexity index is 372. The van der Waals surface area contributed by atoms with E-state index in [1.807, 2.05) is 0 Å². The highest BCUT2D eigenvalue weighted by atomic mass is 16.2. The summed E-state index contributed by atoms with van der Waals surface area (Å²) in [6.45, 7) is 4.09. The van der Waals surface area contributed by atoms with Crippen LogP contribution < -0.4 is 10.6 Å². The third kappa shape index (κ3) is 1.70. The third-order valence-electron chi connectivity index (χ3n) is 6.49. The van der Waals surface area contributed by atoms with E-state index in [1.165, 1.54) is 19.3 Å². The molecule has 0 aromatic carbocycles. The molecule has 3 aliphatic carbocycles. The van der Waals surface area contributed by atoms with Crippen molar-refractivity contribution in [1.29, 1.82) is 0 Å². The van der Waals surface area contributed by atoms with Crippen LogP contribution in [0.1, 0.15) is 45.4 Å². The Morgan fingerprint density at radius 3 is 2.63 bits per heavy atom. The third-order valence-corrected chi connectivity index (χ3v) is 6.49. The molecule has 5 unspecified atom stereocenters. The van der Waals surface area contributed by atoms with E-state index in [4.69, 9.17) is 0 Å². The fraction of sp³-hybridized carbons (Fsp3) is 0.938. The molecule has 0 aromatic rings. The van der Waals surface area contributed by atoms with Crippen LogP contribution in [0.15, 0.2) is 0 Å². The Morgan fingerprint density at radius 1 is 1.32 bits per heavy atom. The Balaban J connectivity index is 1.42. The molecule has 1 amide bonds. The monoisotopic (exact) mass is 262 g/mol. The van der Waals surface area contributed by atoms with Crippen LogP contribution in [0.4, 0.5) is 0 Å².